The van der Waals surface area contributed by atoms with Gasteiger partial charge in [0.1, 0.15) is 0 Å². The number of halogens is 1. The van der Waals surface area contributed by atoms with E-state index in [0.29, 0.717) is 0 Å². The first kappa shape index (κ1) is 27.3. The quantitative estimate of drug-likeness (QED) is 0.238. The normalized spacial score (nSPS) is 11.2. The van der Waals surface area contributed by atoms with Gasteiger partial charge in [-0.3, -0.25) is 0 Å². The van der Waals surface area contributed by atoms with Crippen LogP contribution in [0.15, 0.2) is 139 Å². The van der Waals surface area contributed by atoms with E-state index in [1.165, 1.54) is 0 Å². The Morgan fingerprint density at radius 3 is 1.15 bits per heavy atom. The van der Waals surface area contributed by atoms with Crippen molar-refractivity contribution in [2.24, 2.45) is 0 Å². The Hall–Kier alpha value is -4.29. The van der Waals surface area contributed by atoms with Crippen LogP contribution in [0.1, 0.15) is 0 Å². The molecule has 0 fully saturated rings. The van der Waals surface area contributed by atoms with Gasteiger partial charge in [-0.05, 0) is 73.6 Å². The summed E-state index contributed by atoms with van der Waals surface area (Å²) in [5.74, 6) is 0. The Morgan fingerprint density at radius 2 is 0.850 bits per heavy atom. The Balaban J connectivity index is 0.000000167. The number of hydrogen-bond donors (Lipinski definition) is 0. The number of nitrogens with zero attached hydrogens (tertiary/aromatic N) is 12. The van der Waals surface area contributed by atoms with Crippen LogP contribution in [-0.4, -0.2) is 71.8 Å². The molecule has 0 radical (unpaired) electrons. The molecule has 0 N–H and O–H groups in total. The zero-order chi connectivity index (χ0) is 26.5. The van der Waals surface area contributed by atoms with Gasteiger partial charge in [0, 0.05) is 41.7 Å². The molecule has 7 rings (SSSR count). The third-order valence-electron chi connectivity index (χ3n) is 6.55. The Labute approximate surface area is 251 Å². The molecule has 6 heterocycles. The number of benzene rings is 1. The second-order valence-electron chi connectivity index (χ2n) is 8.80. The van der Waals surface area contributed by atoms with E-state index in [1.807, 2.05) is 113 Å². The largest absolute Gasteiger partial charge is 2.00 e. The van der Waals surface area contributed by atoms with Crippen LogP contribution >= 0.6 is 15.9 Å². The SMILES string of the molecule is Brc1ccc([B-](n2cccn2)(n2cccn2)n2cccn2)cc1.[Ru+2].c1cnn([BH-](n2cccn2)n2cccn2)c1. The maximum atomic E-state index is 4.51. The molecule has 12 nitrogen and oxygen atoms in total. The maximum absolute atomic E-state index is 4.51. The number of aromatic nitrogens is 12. The minimum Gasteiger partial charge on any atom is -0.403 e. The van der Waals surface area contributed by atoms with Crippen molar-refractivity contribution in [2.45, 2.75) is 0 Å². The molecule has 0 amide bonds. The van der Waals surface area contributed by atoms with E-state index in [1.54, 1.807) is 37.2 Å². The van der Waals surface area contributed by atoms with Gasteiger partial charge in [-0.15, -0.1) is 5.46 Å². The summed E-state index contributed by atoms with van der Waals surface area (Å²) in [7, 11) is -1.12. The molecule has 200 valence electrons. The fraction of sp³-hybridized carbons (Fsp3) is 0. The predicted octanol–water partition coefficient (Wildman–Crippen LogP) is 1.76. The predicted molar refractivity (Wildman–Crippen MR) is 152 cm³/mol. The fourth-order valence-electron chi connectivity index (χ4n) is 4.87. The second kappa shape index (κ2) is 12.3. The first-order valence-electron chi connectivity index (χ1n) is 12.3. The summed E-state index contributed by atoms with van der Waals surface area (Å²) in [4.78, 5) is 0. The van der Waals surface area contributed by atoms with Crippen molar-refractivity contribution in [3.8, 4) is 0 Å². The van der Waals surface area contributed by atoms with Crippen LogP contribution in [0.3, 0.4) is 0 Å². The monoisotopic (exact) mass is 682 g/mol. The minimum atomic E-state index is -1.71. The Morgan fingerprint density at radius 1 is 0.500 bits per heavy atom. The molecule has 7 aromatic rings. The molecule has 0 bridgehead atoms. The van der Waals surface area contributed by atoms with E-state index >= 15 is 0 Å². The van der Waals surface area contributed by atoms with Crippen LogP contribution in [0.5, 0.6) is 0 Å². The van der Waals surface area contributed by atoms with Crippen LogP contribution in [0.4, 0.5) is 0 Å². The van der Waals surface area contributed by atoms with Crippen molar-refractivity contribution in [2.75, 3.05) is 0 Å². The van der Waals surface area contributed by atoms with E-state index in [0.717, 1.165) is 9.94 Å². The van der Waals surface area contributed by atoms with Gasteiger partial charge in [0.2, 0.25) is 0 Å². The van der Waals surface area contributed by atoms with Crippen molar-refractivity contribution in [3.05, 3.63) is 139 Å². The summed E-state index contributed by atoms with van der Waals surface area (Å²) in [5, 5.41) is 26.3. The third kappa shape index (κ3) is 5.15. The summed E-state index contributed by atoms with van der Waals surface area (Å²) in [6, 6.07) is 19.6. The van der Waals surface area contributed by atoms with Gasteiger partial charge in [0.15, 0.2) is 0 Å². The van der Waals surface area contributed by atoms with Crippen LogP contribution < -0.4 is 5.46 Å². The van der Waals surface area contributed by atoms with Gasteiger partial charge < -0.3 is 27.6 Å². The second-order valence-corrected chi connectivity index (χ2v) is 9.72. The summed E-state index contributed by atoms with van der Waals surface area (Å²) in [5.41, 5.74) is 1.05. The molecular formula is C24H23B2BrN12Ru. The van der Waals surface area contributed by atoms with E-state index < -0.39 is 13.7 Å². The number of rotatable bonds is 7. The van der Waals surface area contributed by atoms with Crippen LogP contribution in [0, 0.1) is 0 Å². The van der Waals surface area contributed by atoms with Gasteiger partial charge in [-0.2, -0.15) is 0 Å². The molecule has 6 aromatic heterocycles. The van der Waals surface area contributed by atoms with E-state index in [4.69, 9.17) is 0 Å². The molecule has 0 aliphatic carbocycles. The molecule has 0 saturated carbocycles. The van der Waals surface area contributed by atoms with Crippen molar-refractivity contribution in [1.82, 2.24) is 58.1 Å². The molecule has 0 unspecified atom stereocenters. The smallest absolute Gasteiger partial charge is 0.403 e. The van der Waals surface area contributed by atoms with Crippen LogP contribution in [0.25, 0.3) is 0 Å². The Bertz CT molecular complexity index is 1490. The minimum absolute atomic E-state index is 0. The zero-order valence-corrected chi connectivity index (χ0v) is 24.4. The summed E-state index contributed by atoms with van der Waals surface area (Å²) < 4.78 is 12.4. The standard InChI is InChI=1S/C15H13BBrN6.C9H10BN6.Ru/c17-15-6-4-14(5-7-15)16(21-11-1-8-18-21,22-12-2-9-19-22)23-13-3-10-20-23;1-4-11-14(7-1)10(15-8-2-5-12-15)16-9-3-6-13-16;/h1-13H;1-10H;/q2*-1;+2. The molecule has 1 aromatic carbocycles. The molecule has 0 atom stereocenters. The van der Waals surface area contributed by atoms with Crippen molar-refractivity contribution >= 4 is 35.1 Å². The van der Waals surface area contributed by atoms with Crippen molar-refractivity contribution < 1.29 is 19.5 Å². The van der Waals surface area contributed by atoms with Crippen molar-refractivity contribution in [1.29, 1.82) is 0 Å². The summed E-state index contributed by atoms with van der Waals surface area (Å²) >= 11 is 3.50. The average molecular weight is 682 g/mol. The first-order valence-corrected chi connectivity index (χ1v) is 13.1. The van der Waals surface area contributed by atoms with E-state index in [-0.39, 0.29) is 19.5 Å². The van der Waals surface area contributed by atoms with E-state index in [2.05, 4.69) is 58.7 Å². The first-order chi connectivity index (χ1) is 19.3. The zero-order valence-electron chi connectivity index (χ0n) is 21.1. The summed E-state index contributed by atoms with van der Waals surface area (Å²) in [6.45, 7) is -1.71. The molecular weight excluding hydrogens is 659 g/mol. The average Bonchev–Trinajstić information content (AvgIpc) is 3.83. The summed E-state index contributed by atoms with van der Waals surface area (Å²) in [6.07, 6.45) is 22.1. The Kier molecular flexibility index (Phi) is 8.37. The number of hydrogen-bond acceptors (Lipinski definition) is 6. The molecule has 40 heavy (non-hydrogen) atoms. The van der Waals surface area contributed by atoms with Gasteiger partial charge in [0.25, 0.3) is 0 Å². The van der Waals surface area contributed by atoms with Crippen LogP contribution in [-0.2, 0) is 19.5 Å². The molecule has 0 saturated heterocycles. The molecule has 0 spiro atoms. The van der Waals surface area contributed by atoms with Crippen LogP contribution in [0.2, 0.25) is 0 Å². The molecule has 16 heteroatoms. The van der Waals surface area contributed by atoms with Gasteiger partial charge in [-0.1, -0.05) is 40.2 Å². The van der Waals surface area contributed by atoms with Gasteiger partial charge in [0.05, 0.1) is 0 Å². The molecule has 0 aliphatic rings. The maximum Gasteiger partial charge on any atom is 2.00 e. The fourth-order valence-corrected chi connectivity index (χ4v) is 5.14. The topological polar surface area (TPSA) is 107 Å². The van der Waals surface area contributed by atoms with E-state index in [9.17, 15) is 0 Å². The van der Waals surface area contributed by atoms with Gasteiger partial charge >= 0.3 is 33.1 Å². The van der Waals surface area contributed by atoms with Gasteiger partial charge in [-0.25, -0.2) is 30.6 Å². The van der Waals surface area contributed by atoms with Crippen molar-refractivity contribution in [3.63, 3.8) is 0 Å². The molecule has 0 aliphatic heterocycles. The third-order valence-corrected chi connectivity index (χ3v) is 7.07.